The lowest BCUT2D eigenvalue weighted by molar-refractivity contribution is 0.237. The van der Waals surface area contributed by atoms with Gasteiger partial charge < -0.3 is 9.64 Å². The van der Waals surface area contributed by atoms with E-state index in [0.717, 1.165) is 23.4 Å². The molecule has 1 aromatic rings. The molecule has 0 aliphatic rings. The first-order valence-electron chi connectivity index (χ1n) is 6.53. The Morgan fingerprint density at radius 1 is 1.26 bits per heavy atom. The Hall–Kier alpha value is -1.80. The molecule has 0 atom stereocenters. The number of ether oxygens (including phenoxy) is 1. The molecule has 102 valence electrons. The van der Waals surface area contributed by atoms with Crippen molar-refractivity contribution >= 4 is 6.08 Å². The Bertz CT molecular complexity index is 444. The molecule has 0 unspecified atom stereocenters. The maximum absolute atomic E-state index is 5.71. The lowest BCUT2D eigenvalue weighted by atomic mass is 10.1. The molecular formula is C17H23NO. The van der Waals surface area contributed by atoms with Gasteiger partial charge in [0.2, 0.25) is 0 Å². The second-order valence-corrected chi connectivity index (χ2v) is 4.51. The number of nitrogens with zero attached hydrogens (tertiary/aromatic N) is 1. The third-order valence-corrected chi connectivity index (χ3v) is 2.58. The Labute approximate surface area is 116 Å². The third-order valence-electron chi connectivity index (χ3n) is 2.58. The van der Waals surface area contributed by atoms with Crippen molar-refractivity contribution in [2.75, 3.05) is 27.2 Å². The molecule has 0 radical (unpaired) electrons. The Kier molecular flexibility index (Phi) is 6.69. The molecule has 0 heterocycles. The van der Waals surface area contributed by atoms with E-state index in [9.17, 15) is 0 Å². The van der Waals surface area contributed by atoms with E-state index in [0.29, 0.717) is 6.61 Å². The van der Waals surface area contributed by atoms with Crippen LogP contribution in [0.5, 0.6) is 0 Å². The van der Waals surface area contributed by atoms with Gasteiger partial charge in [-0.3, -0.25) is 0 Å². The van der Waals surface area contributed by atoms with Crippen LogP contribution in [0.4, 0.5) is 0 Å². The van der Waals surface area contributed by atoms with Crippen LogP contribution in [0.3, 0.4) is 0 Å². The van der Waals surface area contributed by atoms with Crippen LogP contribution in [0.1, 0.15) is 12.5 Å². The van der Waals surface area contributed by atoms with Gasteiger partial charge in [0.05, 0.1) is 6.61 Å². The van der Waals surface area contributed by atoms with Crippen LogP contribution >= 0.6 is 0 Å². The minimum Gasteiger partial charge on any atom is -0.494 e. The van der Waals surface area contributed by atoms with Crippen LogP contribution in [0.15, 0.2) is 60.4 Å². The molecule has 0 bridgehead atoms. The van der Waals surface area contributed by atoms with Gasteiger partial charge in [-0.05, 0) is 32.7 Å². The molecule has 2 nitrogen and oxygen atoms in total. The van der Waals surface area contributed by atoms with E-state index in [-0.39, 0.29) is 0 Å². The SMILES string of the molecule is C=C/C(CN(C)C)=C(/C=C/c1ccccc1)OCC. The number of hydrogen-bond acceptors (Lipinski definition) is 2. The average Bonchev–Trinajstić information content (AvgIpc) is 2.42. The standard InChI is InChI=1S/C17H23NO/c1-5-16(14-18(3)4)17(19-6-2)13-12-15-10-8-7-9-11-15/h5,7-13H,1,6,14H2,2-4H3/b13-12+,17-16+. The summed E-state index contributed by atoms with van der Waals surface area (Å²) in [5.74, 6) is 0.884. The second-order valence-electron chi connectivity index (χ2n) is 4.51. The van der Waals surface area contributed by atoms with E-state index in [4.69, 9.17) is 4.74 Å². The molecule has 0 aliphatic heterocycles. The van der Waals surface area contributed by atoms with E-state index < -0.39 is 0 Å². The second kappa shape index (κ2) is 8.33. The molecule has 0 saturated carbocycles. The van der Waals surface area contributed by atoms with Gasteiger partial charge in [0.25, 0.3) is 0 Å². The topological polar surface area (TPSA) is 12.5 Å². The number of hydrogen-bond donors (Lipinski definition) is 0. The normalized spacial score (nSPS) is 12.6. The fourth-order valence-corrected chi connectivity index (χ4v) is 1.72. The van der Waals surface area contributed by atoms with Crippen LogP contribution in [-0.2, 0) is 4.74 Å². The molecule has 1 rings (SSSR count). The van der Waals surface area contributed by atoms with Crippen LogP contribution in [0, 0.1) is 0 Å². The van der Waals surface area contributed by atoms with Crippen molar-refractivity contribution in [3.8, 4) is 0 Å². The van der Waals surface area contributed by atoms with Gasteiger partial charge in [0, 0.05) is 12.1 Å². The molecule has 0 N–H and O–H groups in total. The molecule has 1 aromatic carbocycles. The number of allylic oxidation sites excluding steroid dienone is 1. The van der Waals surface area contributed by atoms with Gasteiger partial charge in [-0.15, -0.1) is 0 Å². The summed E-state index contributed by atoms with van der Waals surface area (Å²) in [7, 11) is 4.07. The fourth-order valence-electron chi connectivity index (χ4n) is 1.72. The molecule has 0 aromatic heterocycles. The maximum atomic E-state index is 5.71. The lowest BCUT2D eigenvalue weighted by Gasteiger charge is -2.14. The lowest BCUT2D eigenvalue weighted by Crippen LogP contribution is -2.15. The van der Waals surface area contributed by atoms with Crippen molar-refractivity contribution in [1.82, 2.24) is 4.90 Å². The zero-order chi connectivity index (χ0) is 14.1. The monoisotopic (exact) mass is 257 g/mol. The van der Waals surface area contributed by atoms with Crippen molar-refractivity contribution in [2.45, 2.75) is 6.92 Å². The van der Waals surface area contributed by atoms with Crippen molar-refractivity contribution in [3.63, 3.8) is 0 Å². The van der Waals surface area contributed by atoms with E-state index in [1.165, 1.54) is 0 Å². The molecule has 19 heavy (non-hydrogen) atoms. The van der Waals surface area contributed by atoms with Crippen molar-refractivity contribution in [3.05, 3.63) is 66.0 Å². The first-order valence-corrected chi connectivity index (χ1v) is 6.53. The largest absolute Gasteiger partial charge is 0.494 e. The first kappa shape index (κ1) is 15.3. The summed E-state index contributed by atoms with van der Waals surface area (Å²) in [4.78, 5) is 2.10. The highest BCUT2D eigenvalue weighted by Crippen LogP contribution is 2.13. The average molecular weight is 257 g/mol. The predicted molar refractivity (Wildman–Crippen MR) is 82.9 cm³/mol. The van der Waals surface area contributed by atoms with E-state index in [2.05, 4.69) is 29.7 Å². The fraction of sp³-hybridized carbons (Fsp3) is 0.294. The van der Waals surface area contributed by atoms with Crippen LogP contribution in [-0.4, -0.2) is 32.1 Å². The van der Waals surface area contributed by atoms with E-state index in [1.807, 2.05) is 51.4 Å². The highest BCUT2D eigenvalue weighted by molar-refractivity contribution is 5.53. The van der Waals surface area contributed by atoms with E-state index >= 15 is 0 Å². The van der Waals surface area contributed by atoms with Crippen molar-refractivity contribution in [1.29, 1.82) is 0 Å². The molecule has 2 heteroatoms. The number of benzene rings is 1. The summed E-state index contributed by atoms with van der Waals surface area (Å²) < 4.78 is 5.71. The minimum absolute atomic E-state index is 0.652. The van der Waals surface area contributed by atoms with Crippen molar-refractivity contribution in [2.24, 2.45) is 0 Å². The molecule has 0 saturated heterocycles. The zero-order valence-corrected chi connectivity index (χ0v) is 12.1. The molecular weight excluding hydrogens is 234 g/mol. The molecule has 0 amide bonds. The Morgan fingerprint density at radius 2 is 1.95 bits per heavy atom. The Balaban J connectivity index is 2.95. The Morgan fingerprint density at radius 3 is 2.47 bits per heavy atom. The van der Waals surface area contributed by atoms with Crippen LogP contribution in [0.25, 0.3) is 6.08 Å². The third kappa shape index (κ3) is 5.58. The van der Waals surface area contributed by atoms with Gasteiger partial charge in [0.15, 0.2) is 0 Å². The number of likely N-dealkylation sites (N-methyl/N-ethyl adjacent to an activating group) is 1. The van der Waals surface area contributed by atoms with E-state index in [1.54, 1.807) is 0 Å². The molecule has 0 spiro atoms. The van der Waals surface area contributed by atoms with Crippen LogP contribution in [0.2, 0.25) is 0 Å². The molecule has 0 aliphatic carbocycles. The summed E-state index contributed by atoms with van der Waals surface area (Å²) >= 11 is 0. The summed E-state index contributed by atoms with van der Waals surface area (Å²) in [6.07, 6.45) is 5.93. The highest BCUT2D eigenvalue weighted by atomic mass is 16.5. The predicted octanol–water partition coefficient (Wildman–Crippen LogP) is 3.74. The molecule has 0 fully saturated rings. The van der Waals surface area contributed by atoms with Gasteiger partial charge in [-0.25, -0.2) is 0 Å². The summed E-state index contributed by atoms with van der Waals surface area (Å²) in [6, 6.07) is 10.2. The van der Waals surface area contributed by atoms with Crippen LogP contribution < -0.4 is 0 Å². The van der Waals surface area contributed by atoms with Crippen molar-refractivity contribution < 1.29 is 4.74 Å². The summed E-state index contributed by atoms with van der Waals surface area (Å²) in [6.45, 7) is 7.34. The first-order chi connectivity index (χ1) is 9.17. The van der Waals surface area contributed by atoms with Gasteiger partial charge >= 0.3 is 0 Å². The maximum Gasteiger partial charge on any atom is 0.123 e. The quantitative estimate of drug-likeness (QED) is 0.545. The summed E-state index contributed by atoms with van der Waals surface area (Å²) in [5, 5.41) is 0. The highest BCUT2D eigenvalue weighted by Gasteiger charge is 2.03. The number of rotatable bonds is 7. The zero-order valence-electron chi connectivity index (χ0n) is 12.1. The summed E-state index contributed by atoms with van der Waals surface area (Å²) in [5.41, 5.74) is 2.26. The van der Waals surface area contributed by atoms with Gasteiger partial charge in [-0.1, -0.05) is 49.1 Å². The minimum atomic E-state index is 0.652. The van der Waals surface area contributed by atoms with Gasteiger partial charge in [0.1, 0.15) is 5.76 Å². The van der Waals surface area contributed by atoms with Gasteiger partial charge in [-0.2, -0.15) is 0 Å². The smallest absolute Gasteiger partial charge is 0.123 e.